The van der Waals surface area contributed by atoms with E-state index in [1.807, 2.05) is 25.1 Å². The van der Waals surface area contributed by atoms with Crippen LogP contribution in [0.5, 0.6) is 5.75 Å². The van der Waals surface area contributed by atoms with E-state index in [4.69, 9.17) is 10.6 Å². The number of amides is 1. The van der Waals surface area contributed by atoms with E-state index in [-0.39, 0.29) is 12.5 Å². The molecule has 10 heteroatoms. The summed E-state index contributed by atoms with van der Waals surface area (Å²) in [5.74, 6) is 5.78. The Morgan fingerprint density at radius 2 is 2.00 bits per heavy atom. The van der Waals surface area contributed by atoms with Gasteiger partial charge < -0.3 is 10.1 Å². The van der Waals surface area contributed by atoms with E-state index in [1.165, 1.54) is 11.3 Å². The Morgan fingerprint density at radius 3 is 2.69 bits per heavy atom. The normalized spacial score (nSPS) is 10.8. The summed E-state index contributed by atoms with van der Waals surface area (Å²) >= 11 is 11.7. The van der Waals surface area contributed by atoms with Crippen molar-refractivity contribution in [3.8, 4) is 5.75 Å². The number of benzene rings is 2. The SMILES string of the molecule is Cc1cc(Br)cc(Br)c1OCC(=O)Nc1cc(Br)c2nc(NN)sc2c1. The number of carbonyl (C=O) groups excluding carboxylic acids is 1. The Bertz CT molecular complexity index is 970. The summed E-state index contributed by atoms with van der Waals surface area (Å²) in [5, 5.41) is 3.43. The van der Waals surface area contributed by atoms with Gasteiger partial charge in [-0.2, -0.15) is 0 Å². The van der Waals surface area contributed by atoms with E-state index < -0.39 is 0 Å². The predicted octanol–water partition coefficient (Wildman–Crippen LogP) is 5.20. The molecule has 0 unspecified atom stereocenters. The monoisotopic (exact) mass is 562 g/mol. The zero-order chi connectivity index (χ0) is 18.8. The van der Waals surface area contributed by atoms with Gasteiger partial charge in [-0.15, -0.1) is 0 Å². The third-order valence-electron chi connectivity index (χ3n) is 3.40. The first-order chi connectivity index (χ1) is 12.4. The molecule has 0 atom stereocenters. The van der Waals surface area contributed by atoms with Gasteiger partial charge in [0.15, 0.2) is 11.7 Å². The maximum atomic E-state index is 12.3. The Balaban J connectivity index is 1.71. The number of halogens is 3. The number of aromatic nitrogens is 1. The lowest BCUT2D eigenvalue weighted by Crippen LogP contribution is -2.20. The van der Waals surface area contributed by atoms with E-state index in [0.29, 0.717) is 16.6 Å². The van der Waals surface area contributed by atoms with Crippen LogP contribution in [0.1, 0.15) is 5.56 Å². The number of fused-ring (bicyclic) bond motifs is 1. The number of nitrogens with zero attached hydrogens (tertiary/aromatic N) is 1. The largest absolute Gasteiger partial charge is 0.482 e. The summed E-state index contributed by atoms with van der Waals surface area (Å²) in [5.41, 5.74) is 4.89. The fraction of sp³-hybridized carbons (Fsp3) is 0.125. The van der Waals surface area contributed by atoms with Crippen molar-refractivity contribution in [1.29, 1.82) is 0 Å². The minimum absolute atomic E-state index is 0.102. The minimum atomic E-state index is -0.257. The van der Waals surface area contributed by atoms with E-state index in [0.717, 1.165) is 29.2 Å². The molecule has 136 valence electrons. The number of ether oxygens (including phenoxy) is 1. The average Bonchev–Trinajstić information content (AvgIpc) is 2.97. The zero-order valence-electron chi connectivity index (χ0n) is 13.4. The highest BCUT2D eigenvalue weighted by Gasteiger charge is 2.12. The Kier molecular flexibility index (Phi) is 6.18. The molecule has 0 spiro atoms. The second kappa shape index (κ2) is 8.22. The summed E-state index contributed by atoms with van der Waals surface area (Å²) in [6.45, 7) is 1.82. The van der Waals surface area contributed by atoms with Crippen molar-refractivity contribution < 1.29 is 9.53 Å². The van der Waals surface area contributed by atoms with E-state index in [1.54, 1.807) is 6.07 Å². The van der Waals surface area contributed by atoms with Crippen molar-refractivity contribution in [2.75, 3.05) is 17.3 Å². The molecule has 6 nitrogen and oxygen atoms in total. The summed E-state index contributed by atoms with van der Waals surface area (Å²) < 4.78 is 9.06. The molecular weight excluding hydrogens is 552 g/mol. The van der Waals surface area contributed by atoms with Crippen LogP contribution in [-0.2, 0) is 4.79 Å². The summed E-state index contributed by atoms with van der Waals surface area (Å²) in [4.78, 5) is 16.6. The van der Waals surface area contributed by atoms with Crippen LogP contribution >= 0.6 is 59.1 Å². The van der Waals surface area contributed by atoms with Gasteiger partial charge in [0.1, 0.15) is 5.75 Å². The number of nitrogens with one attached hydrogen (secondary N) is 2. The average molecular weight is 565 g/mol. The second-order valence-electron chi connectivity index (χ2n) is 5.34. The van der Waals surface area contributed by atoms with Gasteiger partial charge in [-0.05, 0) is 68.6 Å². The number of hydrogen-bond acceptors (Lipinski definition) is 6. The van der Waals surface area contributed by atoms with E-state index in [2.05, 4.69) is 63.5 Å². The first-order valence-corrected chi connectivity index (χ1v) is 10.5. The number of nitrogens with two attached hydrogens (primary N) is 1. The third kappa shape index (κ3) is 4.37. The van der Waals surface area contributed by atoms with Gasteiger partial charge >= 0.3 is 0 Å². The fourth-order valence-electron chi connectivity index (χ4n) is 2.33. The molecule has 0 saturated heterocycles. The van der Waals surface area contributed by atoms with Crippen molar-refractivity contribution in [2.24, 2.45) is 5.84 Å². The molecule has 4 N–H and O–H groups in total. The van der Waals surface area contributed by atoms with Crippen molar-refractivity contribution in [1.82, 2.24) is 4.98 Å². The van der Waals surface area contributed by atoms with Gasteiger partial charge in [0.2, 0.25) is 0 Å². The van der Waals surface area contributed by atoms with Crippen molar-refractivity contribution in [3.05, 3.63) is 43.2 Å². The summed E-state index contributed by atoms with van der Waals surface area (Å²) in [6.07, 6.45) is 0. The lowest BCUT2D eigenvalue weighted by molar-refractivity contribution is -0.118. The molecule has 26 heavy (non-hydrogen) atoms. The smallest absolute Gasteiger partial charge is 0.262 e. The van der Waals surface area contributed by atoms with Crippen molar-refractivity contribution >= 4 is 86.1 Å². The molecule has 0 aliphatic rings. The summed E-state index contributed by atoms with van der Waals surface area (Å²) in [6, 6.07) is 7.44. The van der Waals surface area contributed by atoms with Gasteiger partial charge in [0, 0.05) is 14.6 Å². The highest BCUT2D eigenvalue weighted by molar-refractivity contribution is 9.11. The lowest BCUT2D eigenvalue weighted by atomic mass is 10.2. The maximum absolute atomic E-state index is 12.3. The molecule has 0 aliphatic heterocycles. The molecule has 0 fully saturated rings. The van der Waals surface area contributed by atoms with Gasteiger partial charge in [0.25, 0.3) is 5.91 Å². The Labute approximate surface area is 178 Å². The molecule has 1 aromatic heterocycles. The number of hydrogen-bond donors (Lipinski definition) is 3. The maximum Gasteiger partial charge on any atom is 0.262 e. The van der Waals surface area contributed by atoms with Gasteiger partial charge in [-0.25, -0.2) is 10.8 Å². The lowest BCUT2D eigenvalue weighted by Gasteiger charge is -2.12. The standard InChI is InChI=1S/C16H13Br3N4O2S/c1-7-2-8(17)3-11(19)15(7)25-6-13(24)21-9-4-10(18)14-12(5-9)26-16(22-14)23-20/h2-5H,6,20H2,1H3,(H,21,24)(H,22,23). The topological polar surface area (TPSA) is 89.3 Å². The minimum Gasteiger partial charge on any atom is -0.482 e. The molecular formula is C16H13Br3N4O2S. The highest BCUT2D eigenvalue weighted by atomic mass is 79.9. The van der Waals surface area contributed by atoms with Crippen LogP contribution in [0, 0.1) is 6.92 Å². The molecule has 3 aromatic rings. The van der Waals surface area contributed by atoms with Crippen LogP contribution in [0.3, 0.4) is 0 Å². The number of nitrogen functional groups attached to an aromatic ring is 1. The number of thiazole rings is 1. The van der Waals surface area contributed by atoms with E-state index in [9.17, 15) is 4.79 Å². The third-order valence-corrected chi connectivity index (χ3v) is 5.98. The van der Waals surface area contributed by atoms with Crippen LogP contribution in [-0.4, -0.2) is 17.5 Å². The first-order valence-electron chi connectivity index (χ1n) is 7.32. The number of carbonyl (C=O) groups is 1. The molecule has 2 aromatic carbocycles. The van der Waals surface area contributed by atoms with Crippen LogP contribution < -0.4 is 21.3 Å². The highest BCUT2D eigenvalue weighted by Crippen LogP contribution is 2.34. The second-order valence-corrected chi connectivity index (χ2v) is 8.99. The van der Waals surface area contributed by atoms with E-state index >= 15 is 0 Å². The van der Waals surface area contributed by atoms with Crippen LogP contribution in [0.25, 0.3) is 10.2 Å². The fourth-order valence-corrected chi connectivity index (χ4v) is 5.40. The van der Waals surface area contributed by atoms with Crippen LogP contribution in [0.4, 0.5) is 10.8 Å². The quantitative estimate of drug-likeness (QED) is 0.293. The molecule has 0 aliphatic carbocycles. The number of anilines is 2. The molecule has 1 amide bonds. The van der Waals surface area contributed by atoms with Crippen LogP contribution in [0.2, 0.25) is 0 Å². The van der Waals surface area contributed by atoms with Crippen molar-refractivity contribution in [2.45, 2.75) is 6.92 Å². The molecule has 0 saturated carbocycles. The number of aryl methyl sites for hydroxylation is 1. The van der Waals surface area contributed by atoms with Crippen LogP contribution in [0.15, 0.2) is 37.7 Å². The molecule has 1 heterocycles. The molecule has 3 rings (SSSR count). The van der Waals surface area contributed by atoms with Crippen molar-refractivity contribution in [3.63, 3.8) is 0 Å². The number of rotatable bonds is 5. The number of hydrazine groups is 1. The molecule has 0 bridgehead atoms. The summed E-state index contributed by atoms with van der Waals surface area (Å²) in [7, 11) is 0. The Hall–Kier alpha value is -1.20. The molecule has 0 radical (unpaired) electrons. The van der Waals surface area contributed by atoms with Gasteiger partial charge in [0.05, 0.1) is 14.7 Å². The Morgan fingerprint density at radius 1 is 1.23 bits per heavy atom. The zero-order valence-corrected chi connectivity index (χ0v) is 19.0. The first kappa shape index (κ1) is 19.6. The van der Waals surface area contributed by atoms with Gasteiger partial charge in [-0.1, -0.05) is 27.3 Å². The van der Waals surface area contributed by atoms with Gasteiger partial charge in [-0.3, -0.25) is 10.2 Å². The predicted molar refractivity (Wildman–Crippen MR) is 116 cm³/mol.